The molecule has 1 nitrogen and oxygen atoms in total. The maximum absolute atomic E-state index is 14.6. The topological polar surface area (TPSA) is 9.23 Å². The predicted octanol–water partition coefficient (Wildman–Crippen LogP) is 9.81. The first-order valence-corrected chi connectivity index (χ1v) is 13.1. The van der Waals surface area contributed by atoms with Crippen molar-refractivity contribution in [2.75, 3.05) is 6.61 Å². The van der Waals surface area contributed by atoms with Gasteiger partial charge in [-0.2, -0.15) is 0 Å². The second-order valence-corrected chi connectivity index (χ2v) is 9.31. The quantitative estimate of drug-likeness (QED) is 0.162. The lowest BCUT2D eigenvalue weighted by molar-refractivity contribution is 0.0566. The predicted molar refractivity (Wildman–Crippen MR) is 149 cm³/mol. The fourth-order valence-corrected chi connectivity index (χ4v) is 4.22. The SMILES string of the molecule is C=CCc1ccc(-c2ccc(-c3ccc(/C=C/CCCC(C)OCCCCC)cc3)cc2)c(F)c1F. The molecule has 0 aromatic heterocycles. The van der Waals surface area contributed by atoms with Crippen molar-refractivity contribution in [3.8, 4) is 22.3 Å². The van der Waals surface area contributed by atoms with Gasteiger partial charge in [-0.15, -0.1) is 6.58 Å². The number of allylic oxidation sites excluding steroid dienone is 2. The minimum Gasteiger partial charge on any atom is -0.379 e. The number of rotatable bonds is 14. The van der Waals surface area contributed by atoms with Crippen molar-refractivity contribution in [2.24, 2.45) is 0 Å². The van der Waals surface area contributed by atoms with E-state index < -0.39 is 11.6 Å². The molecule has 1 atom stereocenters. The Morgan fingerprint density at radius 2 is 1.50 bits per heavy atom. The van der Waals surface area contributed by atoms with E-state index in [2.05, 4.69) is 56.8 Å². The lowest BCUT2D eigenvalue weighted by Crippen LogP contribution is -2.08. The Hall–Kier alpha value is -3.04. The molecule has 0 aliphatic carbocycles. The zero-order chi connectivity index (χ0) is 25.8. The van der Waals surface area contributed by atoms with Crippen molar-refractivity contribution in [1.29, 1.82) is 0 Å². The molecule has 3 aromatic carbocycles. The summed E-state index contributed by atoms with van der Waals surface area (Å²) in [6.07, 6.45) is 13.5. The lowest BCUT2D eigenvalue weighted by atomic mass is 9.98. The minimum atomic E-state index is -0.813. The Balaban J connectivity index is 1.52. The first-order chi connectivity index (χ1) is 17.5. The summed E-state index contributed by atoms with van der Waals surface area (Å²) in [5.41, 5.74) is 4.52. The van der Waals surface area contributed by atoms with E-state index in [4.69, 9.17) is 4.74 Å². The molecule has 0 fully saturated rings. The number of hydrogen-bond donors (Lipinski definition) is 0. The molecule has 190 valence electrons. The third-order valence-electron chi connectivity index (χ3n) is 6.41. The van der Waals surface area contributed by atoms with Crippen LogP contribution in [0.2, 0.25) is 0 Å². The first kappa shape index (κ1) is 27.5. The van der Waals surface area contributed by atoms with E-state index in [1.807, 2.05) is 24.3 Å². The number of benzene rings is 3. The Bertz CT molecular complexity index is 1110. The molecule has 0 radical (unpaired) electrons. The number of halogens is 2. The van der Waals surface area contributed by atoms with Gasteiger partial charge in [0.05, 0.1) is 6.10 Å². The van der Waals surface area contributed by atoms with Crippen LogP contribution in [0.1, 0.15) is 63.5 Å². The molecule has 0 aliphatic rings. The second-order valence-electron chi connectivity index (χ2n) is 9.31. The molecule has 0 heterocycles. The van der Waals surface area contributed by atoms with Crippen LogP contribution >= 0.6 is 0 Å². The van der Waals surface area contributed by atoms with Gasteiger partial charge in [-0.05, 0) is 66.8 Å². The van der Waals surface area contributed by atoms with Crippen LogP contribution in [-0.4, -0.2) is 12.7 Å². The standard InChI is InChI=1S/C33H38F2O/c1-4-6-10-24-36-25(3)12-8-7-9-13-26-14-16-27(17-15-26)28-18-20-29(21-19-28)31-23-22-30(11-5-2)32(34)33(31)35/h5,9,13-23,25H,2,4,6-8,10-12,24H2,1,3H3/b13-9+. The summed E-state index contributed by atoms with van der Waals surface area (Å²) in [6, 6.07) is 19.2. The number of hydrogen-bond acceptors (Lipinski definition) is 1. The van der Waals surface area contributed by atoms with Crippen molar-refractivity contribution in [1.82, 2.24) is 0 Å². The highest BCUT2D eigenvalue weighted by atomic mass is 19.2. The smallest absolute Gasteiger partial charge is 0.166 e. The molecule has 3 aromatic rings. The molecular weight excluding hydrogens is 450 g/mol. The highest BCUT2D eigenvalue weighted by molar-refractivity contribution is 5.71. The molecule has 0 bridgehead atoms. The van der Waals surface area contributed by atoms with Crippen LogP contribution in [0.3, 0.4) is 0 Å². The molecule has 0 N–H and O–H groups in total. The summed E-state index contributed by atoms with van der Waals surface area (Å²) in [6.45, 7) is 8.84. The molecule has 0 saturated heterocycles. The number of ether oxygens (including phenoxy) is 1. The van der Waals surface area contributed by atoms with Crippen molar-refractivity contribution < 1.29 is 13.5 Å². The summed E-state index contributed by atoms with van der Waals surface area (Å²) >= 11 is 0. The largest absolute Gasteiger partial charge is 0.379 e. The van der Waals surface area contributed by atoms with Gasteiger partial charge < -0.3 is 4.74 Å². The molecule has 36 heavy (non-hydrogen) atoms. The van der Waals surface area contributed by atoms with Crippen LogP contribution in [0, 0.1) is 11.6 Å². The van der Waals surface area contributed by atoms with Crippen molar-refractivity contribution >= 4 is 6.08 Å². The van der Waals surface area contributed by atoms with E-state index in [0.717, 1.165) is 49.0 Å². The molecule has 0 aliphatic heterocycles. The molecule has 3 rings (SSSR count). The third-order valence-corrected chi connectivity index (χ3v) is 6.41. The zero-order valence-electron chi connectivity index (χ0n) is 21.6. The molecule has 0 spiro atoms. The van der Waals surface area contributed by atoms with E-state index in [-0.39, 0.29) is 5.56 Å². The maximum atomic E-state index is 14.6. The van der Waals surface area contributed by atoms with Crippen LogP contribution in [0.15, 0.2) is 79.4 Å². The lowest BCUT2D eigenvalue weighted by Gasteiger charge is -2.12. The van der Waals surface area contributed by atoms with E-state index >= 15 is 0 Å². The minimum absolute atomic E-state index is 0.268. The van der Waals surface area contributed by atoms with E-state index in [0.29, 0.717) is 23.7 Å². The zero-order valence-corrected chi connectivity index (χ0v) is 21.6. The van der Waals surface area contributed by atoms with Gasteiger partial charge in [0.25, 0.3) is 0 Å². The van der Waals surface area contributed by atoms with E-state index in [9.17, 15) is 8.78 Å². The average molecular weight is 489 g/mol. The Kier molecular flexibility index (Phi) is 11.1. The first-order valence-electron chi connectivity index (χ1n) is 13.1. The fourth-order valence-electron chi connectivity index (χ4n) is 4.22. The van der Waals surface area contributed by atoms with Crippen molar-refractivity contribution in [3.63, 3.8) is 0 Å². The second kappa shape index (κ2) is 14.5. The normalized spacial score (nSPS) is 12.2. The van der Waals surface area contributed by atoms with Gasteiger partial charge in [0.2, 0.25) is 0 Å². The summed E-state index contributed by atoms with van der Waals surface area (Å²) < 4.78 is 34.8. The molecule has 1 unspecified atom stereocenters. The average Bonchev–Trinajstić information content (AvgIpc) is 2.90. The van der Waals surface area contributed by atoms with Crippen LogP contribution in [0.25, 0.3) is 28.3 Å². The van der Waals surface area contributed by atoms with Gasteiger partial charge in [0.1, 0.15) is 0 Å². The molecule has 3 heteroatoms. The van der Waals surface area contributed by atoms with Gasteiger partial charge in [0, 0.05) is 12.2 Å². The monoisotopic (exact) mass is 488 g/mol. The molecule has 0 saturated carbocycles. The molecule has 0 amide bonds. The summed E-state index contributed by atoms with van der Waals surface area (Å²) in [7, 11) is 0. The van der Waals surface area contributed by atoms with Gasteiger partial charge >= 0.3 is 0 Å². The third kappa shape index (κ3) is 7.99. The van der Waals surface area contributed by atoms with Gasteiger partial charge in [-0.3, -0.25) is 0 Å². The highest BCUT2D eigenvalue weighted by Gasteiger charge is 2.14. The van der Waals surface area contributed by atoms with Crippen molar-refractivity contribution in [2.45, 2.75) is 64.9 Å². The highest BCUT2D eigenvalue weighted by Crippen LogP contribution is 2.29. The van der Waals surface area contributed by atoms with Crippen LogP contribution in [0.5, 0.6) is 0 Å². The van der Waals surface area contributed by atoms with Gasteiger partial charge in [-0.1, -0.05) is 98.7 Å². The summed E-state index contributed by atoms with van der Waals surface area (Å²) in [4.78, 5) is 0. The Labute approximate surface area is 215 Å². The Morgan fingerprint density at radius 3 is 2.17 bits per heavy atom. The van der Waals surface area contributed by atoms with Crippen LogP contribution in [-0.2, 0) is 11.2 Å². The Morgan fingerprint density at radius 1 is 0.833 bits per heavy atom. The summed E-state index contributed by atoms with van der Waals surface area (Å²) in [5.74, 6) is -1.61. The van der Waals surface area contributed by atoms with Crippen LogP contribution in [0.4, 0.5) is 8.78 Å². The fraction of sp³-hybridized carbons (Fsp3) is 0.333. The van der Waals surface area contributed by atoms with E-state index in [1.54, 1.807) is 18.2 Å². The van der Waals surface area contributed by atoms with Gasteiger partial charge in [-0.25, -0.2) is 8.78 Å². The molecular formula is C33H38F2O. The van der Waals surface area contributed by atoms with Crippen molar-refractivity contribution in [3.05, 3.63) is 102 Å². The van der Waals surface area contributed by atoms with E-state index in [1.165, 1.54) is 12.8 Å². The summed E-state index contributed by atoms with van der Waals surface area (Å²) in [5, 5.41) is 0. The number of unbranched alkanes of at least 4 members (excludes halogenated alkanes) is 3. The maximum Gasteiger partial charge on any atom is 0.166 e. The van der Waals surface area contributed by atoms with Crippen LogP contribution < -0.4 is 0 Å². The van der Waals surface area contributed by atoms with Gasteiger partial charge in [0.15, 0.2) is 11.6 Å².